The summed E-state index contributed by atoms with van der Waals surface area (Å²) in [4.78, 5) is 5.67. The minimum Gasteiger partial charge on any atom is -0.380 e. The number of hydrogen-bond donors (Lipinski definition) is 2. The van der Waals surface area contributed by atoms with E-state index in [-0.39, 0.29) is 24.0 Å². The van der Waals surface area contributed by atoms with Gasteiger partial charge in [-0.25, -0.2) is 0 Å². The average Bonchev–Trinajstić information content (AvgIpc) is 2.57. The van der Waals surface area contributed by atoms with Gasteiger partial charge in [0.25, 0.3) is 0 Å². The van der Waals surface area contributed by atoms with Crippen molar-refractivity contribution in [3.63, 3.8) is 0 Å². The van der Waals surface area contributed by atoms with Crippen LogP contribution in [-0.2, 0) is 11.3 Å². The Labute approximate surface area is 165 Å². The third kappa shape index (κ3) is 7.55. The number of nitrogens with two attached hydrogens (primary N) is 1. The predicted octanol–water partition coefficient (Wildman–Crippen LogP) is 4.36. The molecule has 2 aromatic carbocycles. The van der Waals surface area contributed by atoms with E-state index in [1.807, 2.05) is 42.1 Å². The van der Waals surface area contributed by atoms with Gasteiger partial charge in [-0.2, -0.15) is 0 Å². The van der Waals surface area contributed by atoms with Gasteiger partial charge in [0.2, 0.25) is 0 Å². The normalized spacial score (nSPS) is 11.0. The van der Waals surface area contributed by atoms with Gasteiger partial charge in [0, 0.05) is 29.8 Å². The van der Waals surface area contributed by atoms with Gasteiger partial charge in [-0.3, -0.25) is 4.99 Å². The van der Waals surface area contributed by atoms with Crippen LogP contribution >= 0.6 is 35.7 Å². The second-order valence-corrected chi connectivity index (χ2v) is 6.17. The van der Waals surface area contributed by atoms with Crippen LogP contribution in [0.1, 0.15) is 12.0 Å². The Hall–Kier alpha value is -1.25. The van der Waals surface area contributed by atoms with Gasteiger partial charge in [0.05, 0.1) is 6.61 Å². The van der Waals surface area contributed by atoms with Gasteiger partial charge in [0.15, 0.2) is 5.96 Å². The SMILES string of the molecule is COCc1ccccc1NC(N)=NCCCSc1ccccc1.I. The van der Waals surface area contributed by atoms with E-state index in [4.69, 9.17) is 10.5 Å². The number of ether oxygens (including phenoxy) is 1. The van der Waals surface area contributed by atoms with Crippen LogP contribution in [0.4, 0.5) is 5.69 Å². The number of nitrogens with zero attached hydrogens (tertiary/aromatic N) is 1. The molecule has 0 radical (unpaired) electrons. The van der Waals surface area contributed by atoms with Crippen molar-refractivity contribution in [3.05, 3.63) is 60.2 Å². The van der Waals surface area contributed by atoms with Crippen molar-refractivity contribution in [3.8, 4) is 0 Å². The Bertz CT molecular complexity index is 623. The van der Waals surface area contributed by atoms with Crippen LogP contribution in [0.2, 0.25) is 0 Å². The molecule has 2 rings (SSSR count). The molecule has 0 spiro atoms. The lowest BCUT2D eigenvalue weighted by Crippen LogP contribution is -2.23. The van der Waals surface area contributed by atoms with Gasteiger partial charge in [-0.1, -0.05) is 36.4 Å². The minimum absolute atomic E-state index is 0. The zero-order valence-electron chi connectivity index (χ0n) is 13.8. The molecular formula is C18H24IN3OS. The van der Waals surface area contributed by atoms with Gasteiger partial charge >= 0.3 is 0 Å². The van der Waals surface area contributed by atoms with Gasteiger partial charge in [-0.15, -0.1) is 35.7 Å². The highest BCUT2D eigenvalue weighted by atomic mass is 127. The minimum atomic E-state index is 0. The lowest BCUT2D eigenvalue weighted by Gasteiger charge is -2.10. The Kier molecular flexibility index (Phi) is 10.5. The summed E-state index contributed by atoms with van der Waals surface area (Å²) in [6.07, 6.45) is 0.988. The second-order valence-electron chi connectivity index (χ2n) is 5.00. The highest BCUT2D eigenvalue weighted by molar-refractivity contribution is 14.0. The maximum absolute atomic E-state index is 5.96. The topological polar surface area (TPSA) is 59.6 Å². The van der Waals surface area contributed by atoms with Crippen molar-refractivity contribution < 1.29 is 4.74 Å². The third-order valence-electron chi connectivity index (χ3n) is 3.18. The van der Waals surface area contributed by atoms with Crippen LogP contribution in [0.25, 0.3) is 0 Å². The maximum atomic E-state index is 5.96. The number of para-hydroxylation sites is 1. The van der Waals surface area contributed by atoms with E-state index < -0.39 is 0 Å². The van der Waals surface area contributed by atoms with E-state index in [2.05, 4.69) is 34.6 Å². The van der Waals surface area contributed by atoms with Crippen molar-refractivity contribution in [1.29, 1.82) is 0 Å². The van der Waals surface area contributed by atoms with Crippen molar-refractivity contribution in [1.82, 2.24) is 0 Å². The fraction of sp³-hybridized carbons (Fsp3) is 0.278. The summed E-state index contributed by atoms with van der Waals surface area (Å²) in [5.74, 6) is 1.47. The molecule has 2 aromatic rings. The number of methoxy groups -OCH3 is 1. The zero-order chi connectivity index (χ0) is 16.3. The summed E-state index contributed by atoms with van der Waals surface area (Å²) in [5.41, 5.74) is 7.96. The molecule has 130 valence electrons. The van der Waals surface area contributed by atoms with E-state index in [0.29, 0.717) is 19.1 Å². The largest absolute Gasteiger partial charge is 0.380 e. The number of thioether (sulfide) groups is 1. The molecule has 0 aliphatic rings. The lowest BCUT2D eigenvalue weighted by atomic mass is 10.2. The number of guanidine groups is 1. The Morgan fingerprint density at radius 1 is 1.12 bits per heavy atom. The number of nitrogens with one attached hydrogen (secondary N) is 1. The Morgan fingerprint density at radius 2 is 1.83 bits per heavy atom. The average molecular weight is 457 g/mol. The van der Waals surface area contributed by atoms with Crippen LogP contribution in [0.15, 0.2) is 64.5 Å². The summed E-state index contributed by atoms with van der Waals surface area (Å²) in [6, 6.07) is 18.3. The van der Waals surface area contributed by atoms with Crippen molar-refractivity contribution in [2.24, 2.45) is 10.7 Å². The van der Waals surface area contributed by atoms with Crippen LogP contribution in [-0.4, -0.2) is 25.4 Å². The van der Waals surface area contributed by atoms with Crippen molar-refractivity contribution in [2.75, 3.05) is 24.7 Å². The molecular weight excluding hydrogens is 433 g/mol. The first-order valence-corrected chi connectivity index (χ1v) is 8.60. The molecule has 24 heavy (non-hydrogen) atoms. The van der Waals surface area contributed by atoms with E-state index in [0.717, 1.165) is 23.4 Å². The van der Waals surface area contributed by atoms with Crippen LogP contribution < -0.4 is 11.1 Å². The highest BCUT2D eigenvalue weighted by Gasteiger charge is 2.02. The molecule has 0 saturated carbocycles. The van der Waals surface area contributed by atoms with E-state index in [1.54, 1.807) is 7.11 Å². The number of hydrogen-bond acceptors (Lipinski definition) is 3. The monoisotopic (exact) mass is 457 g/mol. The van der Waals surface area contributed by atoms with Crippen molar-refractivity contribution in [2.45, 2.75) is 17.9 Å². The molecule has 0 heterocycles. The molecule has 0 aliphatic heterocycles. The van der Waals surface area contributed by atoms with E-state index in [1.165, 1.54) is 4.90 Å². The fourth-order valence-electron chi connectivity index (χ4n) is 2.07. The van der Waals surface area contributed by atoms with Crippen LogP contribution in [0.5, 0.6) is 0 Å². The molecule has 0 fully saturated rings. The highest BCUT2D eigenvalue weighted by Crippen LogP contribution is 2.18. The number of benzene rings is 2. The molecule has 0 aliphatic carbocycles. The van der Waals surface area contributed by atoms with Crippen molar-refractivity contribution >= 4 is 47.4 Å². The quantitative estimate of drug-likeness (QED) is 0.203. The molecule has 6 heteroatoms. The molecule has 0 amide bonds. The summed E-state index contributed by atoms with van der Waals surface area (Å²) in [6.45, 7) is 1.26. The van der Waals surface area contributed by atoms with Gasteiger partial charge in [-0.05, 0) is 30.4 Å². The lowest BCUT2D eigenvalue weighted by molar-refractivity contribution is 0.185. The van der Waals surface area contributed by atoms with Crippen LogP contribution in [0.3, 0.4) is 0 Å². The molecule has 3 N–H and O–H groups in total. The molecule has 0 atom stereocenters. The predicted molar refractivity (Wildman–Crippen MR) is 114 cm³/mol. The van der Waals surface area contributed by atoms with Gasteiger partial charge in [0.1, 0.15) is 0 Å². The molecule has 0 aromatic heterocycles. The molecule has 4 nitrogen and oxygen atoms in total. The van der Waals surface area contributed by atoms with E-state index >= 15 is 0 Å². The third-order valence-corrected chi connectivity index (χ3v) is 4.27. The Morgan fingerprint density at radius 3 is 2.58 bits per heavy atom. The Balaban J connectivity index is 0.00000288. The summed E-state index contributed by atoms with van der Waals surface area (Å²) < 4.78 is 5.18. The molecule has 0 saturated heterocycles. The second kappa shape index (κ2) is 12.2. The summed E-state index contributed by atoms with van der Waals surface area (Å²) in [5, 5.41) is 3.14. The maximum Gasteiger partial charge on any atom is 0.193 e. The first-order chi connectivity index (χ1) is 11.3. The number of anilines is 1. The number of rotatable bonds is 8. The van der Waals surface area contributed by atoms with Gasteiger partial charge < -0.3 is 15.8 Å². The molecule has 0 unspecified atom stereocenters. The zero-order valence-corrected chi connectivity index (χ0v) is 16.9. The van der Waals surface area contributed by atoms with E-state index in [9.17, 15) is 0 Å². The molecule has 0 bridgehead atoms. The first-order valence-electron chi connectivity index (χ1n) is 7.61. The smallest absolute Gasteiger partial charge is 0.193 e. The summed E-state index contributed by atoms with van der Waals surface area (Å²) in [7, 11) is 1.68. The fourth-order valence-corrected chi connectivity index (χ4v) is 2.93. The number of halogens is 1. The van der Waals surface area contributed by atoms with Crippen LogP contribution in [0, 0.1) is 0 Å². The standard InChI is InChI=1S/C18H23N3OS.HI/c1-22-14-15-8-5-6-11-17(15)21-18(19)20-12-7-13-23-16-9-3-2-4-10-16;/h2-6,8-11H,7,12-14H2,1H3,(H3,19,20,21);1H. The first kappa shape index (κ1) is 20.8. The number of aliphatic imine (C=N–C) groups is 1. The summed E-state index contributed by atoms with van der Waals surface area (Å²) >= 11 is 1.84.